The van der Waals surface area contributed by atoms with Gasteiger partial charge in [-0.3, -0.25) is 0 Å². The van der Waals surface area contributed by atoms with Crippen LogP contribution in [0.4, 0.5) is 5.82 Å². The lowest BCUT2D eigenvalue weighted by molar-refractivity contribution is 0.0601. The van der Waals surface area contributed by atoms with Gasteiger partial charge in [-0.15, -0.1) is 0 Å². The molecule has 0 spiro atoms. The maximum absolute atomic E-state index is 12.3. The van der Waals surface area contributed by atoms with Gasteiger partial charge in [0, 0.05) is 29.2 Å². The van der Waals surface area contributed by atoms with Crippen LogP contribution in [-0.4, -0.2) is 18.1 Å². The lowest BCUT2D eigenvalue weighted by Crippen LogP contribution is -2.17. The number of methoxy groups -OCH3 is 1. The van der Waals surface area contributed by atoms with Gasteiger partial charge in [0.25, 0.3) is 0 Å². The summed E-state index contributed by atoms with van der Waals surface area (Å²) in [6.45, 7) is 0. The Morgan fingerprint density at radius 2 is 2.03 bits per heavy atom. The zero-order chi connectivity index (χ0) is 19.8. The largest absolute Gasteiger partial charge is 0.465 e. The summed E-state index contributed by atoms with van der Waals surface area (Å²) >= 11 is 0. The fourth-order valence-electron chi connectivity index (χ4n) is 3.93. The Hall–Kier alpha value is -3.34. The van der Waals surface area contributed by atoms with E-state index in [1.807, 2.05) is 30.5 Å². The lowest BCUT2D eigenvalue weighted by Gasteiger charge is -2.20. The number of rotatable bonds is 5. The molecule has 2 aromatic rings. The molecule has 0 amide bonds. The second-order valence-corrected chi connectivity index (χ2v) is 7.75. The average molecular weight is 385 g/mol. The van der Waals surface area contributed by atoms with Crippen molar-refractivity contribution in [2.75, 3.05) is 12.4 Å². The lowest BCUT2D eigenvalue weighted by atomic mass is 9.96. The molecule has 0 saturated heterocycles. The van der Waals surface area contributed by atoms with E-state index in [0.29, 0.717) is 17.3 Å². The molecule has 1 unspecified atom stereocenters. The van der Waals surface area contributed by atoms with Gasteiger partial charge in [-0.25, -0.2) is 9.78 Å². The van der Waals surface area contributed by atoms with E-state index in [-0.39, 0.29) is 11.9 Å². The molecular formula is C24H23N3O2. The van der Waals surface area contributed by atoms with Crippen LogP contribution in [-0.2, 0) is 4.74 Å². The monoisotopic (exact) mass is 385 g/mol. The number of fused-ring (bicyclic) bond motifs is 1. The molecule has 146 valence electrons. The Morgan fingerprint density at radius 1 is 1.21 bits per heavy atom. The van der Waals surface area contributed by atoms with Crippen LogP contribution < -0.4 is 10.6 Å². The molecule has 1 atom stereocenters. The number of anilines is 1. The van der Waals surface area contributed by atoms with Gasteiger partial charge in [0.2, 0.25) is 0 Å². The number of carbonyl (C=O) groups is 1. The number of hydrogen-bond donors (Lipinski definition) is 2. The number of nitrogens with zero attached hydrogens (tertiary/aromatic N) is 1. The zero-order valence-corrected chi connectivity index (χ0v) is 16.3. The Labute approximate surface area is 170 Å². The van der Waals surface area contributed by atoms with Crippen LogP contribution >= 0.6 is 0 Å². The molecule has 1 aromatic heterocycles. The van der Waals surface area contributed by atoms with Gasteiger partial charge in [-0.1, -0.05) is 36.4 Å². The second-order valence-electron chi connectivity index (χ2n) is 7.75. The number of aromatic nitrogens is 1. The van der Waals surface area contributed by atoms with Gasteiger partial charge in [0.1, 0.15) is 11.4 Å². The van der Waals surface area contributed by atoms with Gasteiger partial charge in [0.15, 0.2) is 0 Å². The van der Waals surface area contributed by atoms with Crippen molar-refractivity contribution in [3.63, 3.8) is 0 Å². The number of pyridine rings is 1. The smallest absolute Gasteiger partial charge is 0.341 e. The Morgan fingerprint density at radius 3 is 2.79 bits per heavy atom. The third-order valence-corrected chi connectivity index (χ3v) is 5.68. The quantitative estimate of drug-likeness (QED) is 0.737. The van der Waals surface area contributed by atoms with E-state index in [4.69, 9.17) is 4.74 Å². The van der Waals surface area contributed by atoms with Crippen molar-refractivity contribution in [1.29, 1.82) is 0 Å². The second kappa shape index (κ2) is 7.24. The standard InChI is InChI=1S/C24H23N3O2/c1-29-24(28)20-12-18(15-7-8-15)14-25-23(20)26-19-9-10-21-17(11-19)13-22(27-21)16-5-3-2-4-6-16/h2-6,9-10,12-15,17,27H,7-8,11H2,1H3,(H,25,26). The van der Waals surface area contributed by atoms with Crippen molar-refractivity contribution in [1.82, 2.24) is 10.3 Å². The molecule has 29 heavy (non-hydrogen) atoms. The SMILES string of the molecule is COC(=O)c1cc(C2CC2)cnc1NC1=CC=C2NC(c3ccccc3)=CC2C1. The number of carbonyl (C=O) groups excluding carboxylic acids is 1. The van der Waals surface area contributed by atoms with E-state index in [1.54, 1.807) is 0 Å². The maximum Gasteiger partial charge on any atom is 0.341 e. The first-order valence-corrected chi connectivity index (χ1v) is 10.0. The number of allylic oxidation sites excluding steroid dienone is 4. The van der Waals surface area contributed by atoms with Crippen LogP contribution in [0.15, 0.2) is 72.2 Å². The number of nitrogens with one attached hydrogen (secondary N) is 2. The van der Waals surface area contributed by atoms with E-state index in [1.165, 1.54) is 31.2 Å². The van der Waals surface area contributed by atoms with E-state index in [2.05, 4.69) is 46.0 Å². The Balaban J connectivity index is 1.36. The minimum absolute atomic E-state index is 0.282. The van der Waals surface area contributed by atoms with E-state index in [0.717, 1.165) is 23.4 Å². The average Bonchev–Trinajstić information content (AvgIpc) is 3.53. The van der Waals surface area contributed by atoms with Crippen LogP contribution in [0, 0.1) is 5.92 Å². The van der Waals surface area contributed by atoms with Crippen molar-refractivity contribution >= 4 is 17.5 Å². The zero-order valence-electron chi connectivity index (χ0n) is 16.3. The molecule has 2 N–H and O–H groups in total. The highest BCUT2D eigenvalue weighted by Gasteiger charge is 2.28. The summed E-state index contributed by atoms with van der Waals surface area (Å²) in [7, 11) is 1.41. The molecule has 1 saturated carbocycles. The van der Waals surface area contributed by atoms with Gasteiger partial charge in [0.05, 0.1) is 7.11 Å². The minimum atomic E-state index is -0.357. The van der Waals surface area contributed by atoms with Crippen LogP contribution in [0.25, 0.3) is 5.70 Å². The molecule has 1 aromatic carbocycles. The van der Waals surface area contributed by atoms with Gasteiger partial charge in [-0.2, -0.15) is 0 Å². The molecule has 5 rings (SSSR count). The summed E-state index contributed by atoms with van der Waals surface area (Å²) in [6, 6.07) is 12.3. The van der Waals surface area contributed by atoms with Crippen LogP contribution in [0.3, 0.4) is 0 Å². The molecule has 0 radical (unpaired) electrons. The summed E-state index contributed by atoms with van der Waals surface area (Å²) in [5.74, 6) is 1.02. The minimum Gasteiger partial charge on any atom is -0.465 e. The molecule has 2 aliphatic carbocycles. The van der Waals surface area contributed by atoms with E-state index >= 15 is 0 Å². The Bertz CT molecular complexity index is 1050. The van der Waals surface area contributed by atoms with Crippen molar-refractivity contribution in [3.05, 3.63) is 88.9 Å². The summed E-state index contributed by atoms with van der Waals surface area (Å²) < 4.78 is 4.98. The van der Waals surface area contributed by atoms with E-state index in [9.17, 15) is 4.79 Å². The molecule has 1 aliphatic heterocycles. The first kappa shape index (κ1) is 17.7. The summed E-state index contributed by atoms with van der Waals surface area (Å²) in [4.78, 5) is 16.8. The molecule has 3 aliphatic rings. The third-order valence-electron chi connectivity index (χ3n) is 5.68. The molecule has 5 heteroatoms. The summed E-state index contributed by atoms with van der Waals surface area (Å²) in [5.41, 5.74) is 6.16. The van der Waals surface area contributed by atoms with Crippen molar-refractivity contribution in [3.8, 4) is 0 Å². The number of hydrogen-bond acceptors (Lipinski definition) is 5. The van der Waals surface area contributed by atoms with Crippen molar-refractivity contribution in [2.45, 2.75) is 25.2 Å². The first-order chi connectivity index (χ1) is 14.2. The highest BCUT2D eigenvalue weighted by atomic mass is 16.5. The first-order valence-electron chi connectivity index (χ1n) is 10.0. The predicted molar refractivity (Wildman–Crippen MR) is 113 cm³/mol. The number of esters is 1. The highest BCUT2D eigenvalue weighted by Crippen LogP contribution is 2.41. The predicted octanol–water partition coefficient (Wildman–Crippen LogP) is 4.59. The maximum atomic E-state index is 12.3. The normalized spacial score (nSPS) is 20.0. The summed E-state index contributed by atoms with van der Waals surface area (Å²) in [6.07, 6.45) is 11.4. The van der Waals surface area contributed by atoms with Crippen molar-refractivity contribution < 1.29 is 9.53 Å². The third kappa shape index (κ3) is 3.56. The van der Waals surface area contributed by atoms with E-state index < -0.39 is 0 Å². The van der Waals surface area contributed by atoms with Crippen LogP contribution in [0.5, 0.6) is 0 Å². The topological polar surface area (TPSA) is 63.2 Å². The highest BCUT2D eigenvalue weighted by molar-refractivity contribution is 5.95. The van der Waals surface area contributed by atoms with Crippen LogP contribution in [0.1, 0.15) is 46.7 Å². The van der Waals surface area contributed by atoms with Gasteiger partial charge >= 0.3 is 5.97 Å². The molecule has 2 heterocycles. The number of benzene rings is 1. The molecule has 5 nitrogen and oxygen atoms in total. The van der Waals surface area contributed by atoms with Gasteiger partial charge < -0.3 is 15.4 Å². The van der Waals surface area contributed by atoms with Gasteiger partial charge in [-0.05, 0) is 54.5 Å². The van der Waals surface area contributed by atoms with Crippen molar-refractivity contribution in [2.24, 2.45) is 5.92 Å². The summed E-state index contributed by atoms with van der Waals surface area (Å²) in [5, 5.41) is 6.89. The fraction of sp³-hybridized carbons (Fsp3) is 0.250. The molecular weight excluding hydrogens is 362 g/mol. The number of ether oxygens (including phenoxy) is 1. The fourth-order valence-corrected chi connectivity index (χ4v) is 3.93. The molecule has 1 fully saturated rings. The Kier molecular flexibility index (Phi) is 4.43. The molecule has 0 bridgehead atoms. The van der Waals surface area contributed by atoms with Crippen LogP contribution in [0.2, 0.25) is 0 Å².